The van der Waals surface area contributed by atoms with E-state index in [0.717, 1.165) is 0 Å². The number of nitrogens with one attached hydrogen (secondary N) is 1. The minimum atomic E-state index is -0.528. The summed E-state index contributed by atoms with van der Waals surface area (Å²) in [6, 6.07) is 0. The third kappa shape index (κ3) is 2.14. The molecule has 1 aliphatic rings. The van der Waals surface area contributed by atoms with Crippen LogP contribution in [0.1, 0.15) is 16.9 Å². The van der Waals surface area contributed by atoms with Gasteiger partial charge < -0.3 is 9.64 Å². The molecular weight excluding hydrogens is 242 g/mol. The molecule has 1 aromatic heterocycles. The molecule has 1 fully saturated rings. The molecule has 1 aromatic rings. The zero-order valence-electron chi connectivity index (χ0n) is 9.34. The Bertz CT molecular complexity index is 446. The fourth-order valence-electron chi connectivity index (χ4n) is 1.87. The van der Waals surface area contributed by atoms with Crippen LogP contribution in [-0.2, 0) is 9.53 Å². The van der Waals surface area contributed by atoms with Crippen molar-refractivity contribution in [3.63, 3.8) is 0 Å². The van der Waals surface area contributed by atoms with Crippen LogP contribution in [0.25, 0.3) is 0 Å². The first-order valence-electron chi connectivity index (χ1n) is 5.20. The highest BCUT2D eigenvalue weighted by atomic mass is 32.1. The molecule has 1 N–H and O–H groups in total. The highest BCUT2D eigenvalue weighted by Crippen LogP contribution is 2.27. The van der Waals surface area contributed by atoms with Gasteiger partial charge in [-0.2, -0.15) is 17.7 Å². The SMILES string of the molecule is COC(=O)c1[nH]ncc1N1CC(CS)CC1=O. The molecule has 0 radical (unpaired) electrons. The van der Waals surface area contributed by atoms with Gasteiger partial charge in [0.15, 0.2) is 5.69 Å². The lowest BCUT2D eigenvalue weighted by Gasteiger charge is -2.15. The molecule has 1 aliphatic heterocycles. The molecule has 7 heteroatoms. The Morgan fingerprint density at radius 2 is 2.53 bits per heavy atom. The van der Waals surface area contributed by atoms with Crippen molar-refractivity contribution in [1.29, 1.82) is 0 Å². The number of aromatic nitrogens is 2. The van der Waals surface area contributed by atoms with Crippen LogP contribution in [0, 0.1) is 5.92 Å². The minimum Gasteiger partial charge on any atom is -0.464 e. The number of thiol groups is 1. The summed E-state index contributed by atoms with van der Waals surface area (Å²) in [5, 5.41) is 6.33. The highest BCUT2D eigenvalue weighted by Gasteiger charge is 2.33. The van der Waals surface area contributed by atoms with E-state index in [9.17, 15) is 9.59 Å². The van der Waals surface area contributed by atoms with E-state index in [2.05, 4.69) is 27.6 Å². The number of ether oxygens (including phenoxy) is 1. The Balaban J connectivity index is 2.26. The Kier molecular flexibility index (Phi) is 3.37. The van der Waals surface area contributed by atoms with Gasteiger partial charge in [-0.15, -0.1) is 0 Å². The van der Waals surface area contributed by atoms with Crippen LogP contribution in [-0.4, -0.2) is 41.5 Å². The molecule has 0 saturated carbocycles. The lowest BCUT2D eigenvalue weighted by Crippen LogP contribution is -2.26. The lowest BCUT2D eigenvalue weighted by molar-refractivity contribution is -0.117. The molecule has 1 amide bonds. The van der Waals surface area contributed by atoms with Gasteiger partial charge in [0.05, 0.1) is 19.0 Å². The Labute approximate surface area is 104 Å². The molecule has 0 aliphatic carbocycles. The molecule has 0 spiro atoms. The number of hydrogen-bond acceptors (Lipinski definition) is 5. The first-order chi connectivity index (χ1) is 8.17. The Hall–Kier alpha value is -1.50. The zero-order chi connectivity index (χ0) is 12.4. The van der Waals surface area contributed by atoms with Crippen LogP contribution in [0.15, 0.2) is 6.20 Å². The van der Waals surface area contributed by atoms with Gasteiger partial charge in [-0.05, 0) is 11.7 Å². The summed E-state index contributed by atoms with van der Waals surface area (Å²) in [7, 11) is 1.29. The second kappa shape index (κ2) is 4.79. The fourth-order valence-corrected chi connectivity index (χ4v) is 2.12. The van der Waals surface area contributed by atoms with E-state index < -0.39 is 5.97 Å². The van der Waals surface area contributed by atoms with Crippen molar-refractivity contribution in [2.45, 2.75) is 6.42 Å². The van der Waals surface area contributed by atoms with E-state index in [1.165, 1.54) is 13.3 Å². The first kappa shape index (κ1) is 12.0. The van der Waals surface area contributed by atoms with Gasteiger partial charge in [0.25, 0.3) is 0 Å². The molecule has 1 saturated heterocycles. The third-order valence-corrected chi connectivity index (χ3v) is 3.28. The van der Waals surface area contributed by atoms with E-state index in [4.69, 9.17) is 0 Å². The van der Waals surface area contributed by atoms with Gasteiger partial charge in [0.2, 0.25) is 5.91 Å². The monoisotopic (exact) mass is 255 g/mol. The zero-order valence-corrected chi connectivity index (χ0v) is 10.2. The van der Waals surface area contributed by atoms with Gasteiger partial charge in [-0.1, -0.05) is 0 Å². The van der Waals surface area contributed by atoms with E-state index >= 15 is 0 Å². The number of hydrogen-bond donors (Lipinski definition) is 2. The van der Waals surface area contributed by atoms with Crippen molar-refractivity contribution in [1.82, 2.24) is 10.2 Å². The number of H-pyrrole nitrogens is 1. The highest BCUT2D eigenvalue weighted by molar-refractivity contribution is 7.80. The number of aromatic amines is 1. The summed E-state index contributed by atoms with van der Waals surface area (Å²) in [5.74, 6) is 0.314. The number of amides is 1. The molecule has 2 rings (SSSR count). The number of rotatable bonds is 3. The molecule has 17 heavy (non-hydrogen) atoms. The molecule has 2 heterocycles. The fraction of sp³-hybridized carbons (Fsp3) is 0.500. The molecule has 92 valence electrons. The maximum atomic E-state index is 11.8. The summed E-state index contributed by atoms with van der Waals surface area (Å²) in [4.78, 5) is 24.8. The summed E-state index contributed by atoms with van der Waals surface area (Å²) < 4.78 is 4.62. The first-order valence-corrected chi connectivity index (χ1v) is 5.83. The van der Waals surface area contributed by atoms with Crippen LogP contribution >= 0.6 is 12.6 Å². The number of carbonyl (C=O) groups excluding carboxylic acids is 2. The molecule has 0 bridgehead atoms. The van der Waals surface area contributed by atoms with Gasteiger partial charge >= 0.3 is 5.97 Å². The second-order valence-electron chi connectivity index (χ2n) is 3.88. The van der Waals surface area contributed by atoms with Crippen LogP contribution < -0.4 is 4.90 Å². The number of carbonyl (C=O) groups is 2. The summed E-state index contributed by atoms with van der Waals surface area (Å²) in [5.41, 5.74) is 0.687. The van der Waals surface area contributed by atoms with Crippen molar-refractivity contribution in [3.8, 4) is 0 Å². The smallest absolute Gasteiger partial charge is 0.358 e. The standard InChI is InChI=1S/C10H13N3O3S/c1-16-10(15)9-7(3-11-12-9)13-4-6(5-17)2-8(13)14/h3,6,17H,2,4-5H2,1H3,(H,11,12). The average molecular weight is 255 g/mol. The minimum absolute atomic E-state index is 0.0180. The normalized spacial score (nSPS) is 19.8. The molecule has 0 aromatic carbocycles. The van der Waals surface area contributed by atoms with E-state index in [-0.39, 0.29) is 17.5 Å². The maximum absolute atomic E-state index is 11.8. The van der Waals surface area contributed by atoms with Crippen molar-refractivity contribution in [2.24, 2.45) is 5.92 Å². The van der Waals surface area contributed by atoms with Crippen molar-refractivity contribution in [2.75, 3.05) is 24.3 Å². The van der Waals surface area contributed by atoms with Crippen LogP contribution in [0.3, 0.4) is 0 Å². The van der Waals surface area contributed by atoms with Gasteiger partial charge in [0, 0.05) is 13.0 Å². The van der Waals surface area contributed by atoms with Gasteiger partial charge in [-0.3, -0.25) is 9.89 Å². The third-order valence-electron chi connectivity index (χ3n) is 2.76. The van der Waals surface area contributed by atoms with Crippen molar-refractivity contribution < 1.29 is 14.3 Å². The van der Waals surface area contributed by atoms with Crippen LogP contribution in [0.4, 0.5) is 5.69 Å². The van der Waals surface area contributed by atoms with E-state index in [1.54, 1.807) is 4.90 Å². The number of nitrogens with zero attached hydrogens (tertiary/aromatic N) is 2. The maximum Gasteiger partial charge on any atom is 0.358 e. The summed E-state index contributed by atoms with van der Waals surface area (Å²) in [6.07, 6.45) is 1.92. The topological polar surface area (TPSA) is 75.3 Å². The quantitative estimate of drug-likeness (QED) is 0.608. The second-order valence-corrected chi connectivity index (χ2v) is 4.24. The lowest BCUT2D eigenvalue weighted by atomic mass is 10.1. The van der Waals surface area contributed by atoms with Gasteiger partial charge in [0.1, 0.15) is 0 Å². The largest absolute Gasteiger partial charge is 0.464 e. The van der Waals surface area contributed by atoms with Crippen molar-refractivity contribution in [3.05, 3.63) is 11.9 Å². The van der Waals surface area contributed by atoms with Crippen LogP contribution in [0.2, 0.25) is 0 Å². The average Bonchev–Trinajstić information content (AvgIpc) is 2.93. The Morgan fingerprint density at radius 3 is 3.12 bits per heavy atom. The van der Waals surface area contributed by atoms with Crippen LogP contribution in [0.5, 0.6) is 0 Å². The number of esters is 1. The molecule has 6 nitrogen and oxygen atoms in total. The molecule has 1 atom stereocenters. The summed E-state index contributed by atoms with van der Waals surface area (Å²) in [6.45, 7) is 0.561. The van der Waals surface area contributed by atoms with Crippen molar-refractivity contribution >= 4 is 30.2 Å². The predicted molar refractivity (Wildman–Crippen MR) is 64.2 cm³/mol. The molecular formula is C10H13N3O3S. The van der Waals surface area contributed by atoms with E-state index in [0.29, 0.717) is 24.4 Å². The summed E-state index contributed by atoms with van der Waals surface area (Å²) >= 11 is 4.19. The predicted octanol–water partition coefficient (Wildman–Crippen LogP) is 0.479. The van der Waals surface area contributed by atoms with E-state index in [1.807, 2.05) is 0 Å². The van der Waals surface area contributed by atoms with Gasteiger partial charge in [-0.25, -0.2) is 4.79 Å². The molecule has 1 unspecified atom stereocenters. The number of anilines is 1. The number of methoxy groups -OCH3 is 1. The Morgan fingerprint density at radius 1 is 1.76 bits per heavy atom.